The standard InChI is InChI=1S/C9H13N3O/c10-4-9(5-13)1-8(9)7-2-11-6-12-3-7/h2-3,6,8,13H,1,4-5,10H2. The van der Waals surface area contributed by atoms with Crippen LogP contribution in [0.3, 0.4) is 0 Å². The second kappa shape index (κ2) is 3.05. The van der Waals surface area contributed by atoms with Crippen LogP contribution in [-0.2, 0) is 0 Å². The lowest BCUT2D eigenvalue weighted by Crippen LogP contribution is -2.21. The quantitative estimate of drug-likeness (QED) is 0.679. The Kier molecular flexibility index (Phi) is 2.01. The summed E-state index contributed by atoms with van der Waals surface area (Å²) in [4.78, 5) is 7.89. The van der Waals surface area contributed by atoms with Gasteiger partial charge in [0.1, 0.15) is 6.33 Å². The lowest BCUT2D eigenvalue weighted by molar-refractivity contribution is 0.211. The lowest BCUT2D eigenvalue weighted by Gasteiger charge is -2.09. The van der Waals surface area contributed by atoms with Gasteiger partial charge in [-0.15, -0.1) is 0 Å². The molecule has 4 heteroatoms. The van der Waals surface area contributed by atoms with Gasteiger partial charge in [-0.25, -0.2) is 9.97 Å². The van der Waals surface area contributed by atoms with E-state index < -0.39 is 0 Å². The number of nitrogens with zero attached hydrogens (tertiary/aromatic N) is 2. The fourth-order valence-electron chi connectivity index (χ4n) is 1.77. The van der Waals surface area contributed by atoms with Crippen molar-refractivity contribution >= 4 is 0 Å². The van der Waals surface area contributed by atoms with Crippen LogP contribution in [0.4, 0.5) is 0 Å². The van der Waals surface area contributed by atoms with Crippen LogP contribution in [0.25, 0.3) is 0 Å². The van der Waals surface area contributed by atoms with Crippen LogP contribution in [-0.4, -0.2) is 28.2 Å². The Labute approximate surface area is 76.8 Å². The molecule has 1 aromatic rings. The van der Waals surface area contributed by atoms with Gasteiger partial charge < -0.3 is 10.8 Å². The lowest BCUT2D eigenvalue weighted by atomic mass is 10.0. The van der Waals surface area contributed by atoms with Crippen molar-refractivity contribution in [2.45, 2.75) is 12.3 Å². The molecule has 1 aromatic heterocycles. The first-order valence-corrected chi connectivity index (χ1v) is 4.38. The van der Waals surface area contributed by atoms with Crippen molar-refractivity contribution < 1.29 is 5.11 Å². The minimum atomic E-state index is -0.0925. The Morgan fingerprint density at radius 3 is 2.69 bits per heavy atom. The monoisotopic (exact) mass is 179 g/mol. The molecule has 3 N–H and O–H groups in total. The maximum absolute atomic E-state index is 9.17. The molecule has 1 aliphatic rings. The van der Waals surface area contributed by atoms with Crippen molar-refractivity contribution in [2.75, 3.05) is 13.2 Å². The van der Waals surface area contributed by atoms with Gasteiger partial charge in [-0.3, -0.25) is 0 Å². The van der Waals surface area contributed by atoms with E-state index in [-0.39, 0.29) is 12.0 Å². The predicted molar refractivity (Wildman–Crippen MR) is 48.0 cm³/mol. The van der Waals surface area contributed by atoms with E-state index >= 15 is 0 Å². The van der Waals surface area contributed by atoms with Gasteiger partial charge in [0.05, 0.1) is 6.61 Å². The molecule has 13 heavy (non-hydrogen) atoms. The van der Waals surface area contributed by atoms with Crippen LogP contribution in [0.1, 0.15) is 17.9 Å². The Morgan fingerprint density at radius 2 is 2.23 bits per heavy atom. The van der Waals surface area contributed by atoms with Gasteiger partial charge in [0, 0.05) is 24.4 Å². The van der Waals surface area contributed by atoms with Gasteiger partial charge in [-0.1, -0.05) is 0 Å². The smallest absolute Gasteiger partial charge is 0.115 e. The third kappa shape index (κ3) is 1.32. The van der Waals surface area contributed by atoms with Gasteiger partial charge in [0.2, 0.25) is 0 Å². The number of hydrogen-bond acceptors (Lipinski definition) is 4. The van der Waals surface area contributed by atoms with E-state index in [4.69, 9.17) is 10.8 Å². The predicted octanol–water partition coefficient (Wildman–Crippen LogP) is -0.0987. The first-order valence-electron chi connectivity index (χ1n) is 4.38. The molecule has 70 valence electrons. The van der Waals surface area contributed by atoms with Gasteiger partial charge in [-0.2, -0.15) is 0 Å². The molecule has 4 nitrogen and oxygen atoms in total. The molecule has 1 fully saturated rings. The van der Waals surface area contributed by atoms with Crippen molar-refractivity contribution in [1.82, 2.24) is 9.97 Å². The van der Waals surface area contributed by atoms with E-state index in [1.165, 1.54) is 6.33 Å². The minimum Gasteiger partial charge on any atom is -0.396 e. The van der Waals surface area contributed by atoms with Crippen molar-refractivity contribution in [3.63, 3.8) is 0 Å². The van der Waals surface area contributed by atoms with Crippen LogP contribution in [0, 0.1) is 5.41 Å². The fraction of sp³-hybridized carbons (Fsp3) is 0.556. The van der Waals surface area contributed by atoms with E-state index in [0.717, 1.165) is 12.0 Å². The molecule has 0 aromatic carbocycles. The maximum atomic E-state index is 9.17. The Morgan fingerprint density at radius 1 is 1.54 bits per heavy atom. The molecule has 1 heterocycles. The Hall–Kier alpha value is -1.00. The zero-order valence-corrected chi connectivity index (χ0v) is 7.35. The first-order chi connectivity index (χ1) is 6.32. The Balaban J connectivity index is 2.15. The van der Waals surface area contributed by atoms with Crippen LogP contribution >= 0.6 is 0 Å². The summed E-state index contributed by atoms with van der Waals surface area (Å²) in [6.45, 7) is 0.687. The zero-order valence-electron chi connectivity index (χ0n) is 7.35. The fourth-order valence-corrected chi connectivity index (χ4v) is 1.77. The summed E-state index contributed by atoms with van der Waals surface area (Å²) in [6, 6.07) is 0. The van der Waals surface area contributed by atoms with Crippen LogP contribution in [0.15, 0.2) is 18.7 Å². The molecular formula is C9H13N3O. The van der Waals surface area contributed by atoms with Gasteiger partial charge >= 0.3 is 0 Å². The summed E-state index contributed by atoms with van der Waals surface area (Å²) in [6.07, 6.45) is 6.05. The molecule has 0 aliphatic heterocycles. The van der Waals surface area contributed by atoms with Crippen molar-refractivity contribution in [1.29, 1.82) is 0 Å². The van der Waals surface area contributed by atoms with Gasteiger partial charge in [0.25, 0.3) is 0 Å². The van der Waals surface area contributed by atoms with E-state index in [2.05, 4.69) is 9.97 Å². The molecule has 2 rings (SSSR count). The minimum absolute atomic E-state index is 0.0925. The second-order valence-corrected chi connectivity index (χ2v) is 3.65. The Bertz CT molecular complexity index is 284. The summed E-state index contributed by atoms with van der Waals surface area (Å²) in [5.74, 6) is 0.351. The summed E-state index contributed by atoms with van der Waals surface area (Å²) >= 11 is 0. The number of rotatable bonds is 3. The third-order valence-corrected chi connectivity index (χ3v) is 2.89. The van der Waals surface area contributed by atoms with Crippen LogP contribution < -0.4 is 5.73 Å². The highest BCUT2D eigenvalue weighted by Gasteiger charge is 2.53. The topological polar surface area (TPSA) is 72.0 Å². The van der Waals surface area contributed by atoms with Gasteiger partial charge in [0.15, 0.2) is 0 Å². The van der Waals surface area contributed by atoms with E-state index in [9.17, 15) is 0 Å². The van der Waals surface area contributed by atoms with Crippen LogP contribution in [0.5, 0.6) is 0 Å². The van der Waals surface area contributed by atoms with Gasteiger partial charge in [-0.05, 0) is 17.9 Å². The maximum Gasteiger partial charge on any atom is 0.115 e. The van der Waals surface area contributed by atoms with Crippen LogP contribution in [0.2, 0.25) is 0 Å². The first kappa shape index (κ1) is 8.59. The second-order valence-electron chi connectivity index (χ2n) is 3.65. The summed E-state index contributed by atoms with van der Waals surface area (Å²) < 4.78 is 0. The van der Waals surface area contributed by atoms with E-state index in [1.807, 2.05) is 0 Å². The summed E-state index contributed by atoms with van der Waals surface area (Å²) in [5.41, 5.74) is 6.60. The number of nitrogens with two attached hydrogens (primary N) is 1. The number of hydrogen-bond donors (Lipinski definition) is 2. The highest BCUT2D eigenvalue weighted by atomic mass is 16.3. The third-order valence-electron chi connectivity index (χ3n) is 2.89. The van der Waals surface area contributed by atoms with E-state index in [0.29, 0.717) is 12.5 Å². The van der Waals surface area contributed by atoms with Crippen molar-refractivity contribution in [3.8, 4) is 0 Å². The average molecular weight is 179 g/mol. The summed E-state index contributed by atoms with van der Waals surface area (Å²) in [7, 11) is 0. The van der Waals surface area contributed by atoms with E-state index in [1.54, 1.807) is 12.4 Å². The summed E-state index contributed by atoms with van der Waals surface area (Å²) in [5, 5.41) is 9.17. The molecule has 0 amide bonds. The van der Waals surface area contributed by atoms with Crippen molar-refractivity contribution in [3.05, 3.63) is 24.3 Å². The van der Waals surface area contributed by atoms with Crippen molar-refractivity contribution in [2.24, 2.45) is 11.1 Å². The molecule has 1 saturated carbocycles. The average Bonchev–Trinajstić information content (AvgIpc) is 2.95. The molecule has 2 atom stereocenters. The molecule has 2 unspecified atom stereocenters. The molecule has 0 saturated heterocycles. The largest absolute Gasteiger partial charge is 0.396 e. The zero-order chi connectivity index (χ0) is 9.31. The highest BCUT2D eigenvalue weighted by Crippen LogP contribution is 2.57. The highest BCUT2D eigenvalue weighted by molar-refractivity contribution is 5.25. The SMILES string of the molecule is NCC1(CO)CC1c1cncnc1. The molecule has 0 spiro atoms. The molecule has 0 bridgehead atoms. The molecular weight excluding hydrogens is 166 g/mol. The molecule has 0 radical (unpaired) electrons. The molecule has 1 aliphatic carbocycles. The number of aliphatic hydroxyl groups excluding tert-OH is 1. The number of aromatic nitrogens is 2. The normalized spacial score (nSPS) is 31.7. The number of aliphatic hydroxyl groups is 1.